The number of likely N-dealkylation sites (tertiary alicyclic amines) is 1. The quantitative estimate of drug-likeness (QED) is 0.802. The minimum atomic E-state index is 0.729. The van der Waals surface area contributed by atoms with Gasteiger partial charge in [0.15, 0.2) is 0 Å². The lowest BCUT2D eigenvalue weighted by Crippen LogP contribution is -2.62. The Morgan fingerprint density at radius 3 is 2.60 bits per heavy atom. The summed E-state index contributed by atoms with van der Waals surface area (Å²) in [6, 6.07) is 0.729. The Morgan fingerprint density at radius 2 is 2.00 bits per heavy atom. The number of hydrogen-bond donors (Lipinski definition) is 1. The SMILES string of the molecule is ClC=C(Cl)CN1CC(N2CCNCC2)C1. The molecule has 1 N–H and O–H groups in total. The first-order valence-corrected chi connectivity index (χ1v) is 6.23. The molecule has 0 atom stereocenters. The van der Waals surface area contributed by atoms with Gasteiger partial charge in [-0.05, 0) is 0 Å². The van der Waals surface area contributed by atoms with E-state index in [1.807, 2.05) is 0 Å². The Bertz CT molecular complexity index is 233. The molecule has 0 amide bonds. The maximum absolute atomic E-state index is 5.87. The van der Waals surface area contributed by atoms with Crippen LogP contribution in [0.1, 0.15) is 0 Å². The fourth-order valence-electron chi connectivity index (χ4n) is 2.20. The minimum absolute atomic E-state index is 0.729. The lowest BCUT2D eigenvalue weighted by molar-refractivity contribution is 0.0344. The Hall–Kier alpha value is 0.200. The average Bonchev–Trinajstić information content (AvgIpc) is 2.23. The fraction of sp³-hybridized carbons (Fsp3) is 0.800. The van der Waals surface area contributed by atoms with E-state index in [1.54, 1.807) is 0 Å². The summed E-state index contributed by atoms with van der Waals surface area (Å²) >= 11 is 11.4. The highest BCUT2D eigenvalue weighted by molar-refractivity contribution is 6.36. The molecular formula is C10H17Cl2N3. The average molecular weight is 250 g/mol. The van der Waals surface area contributed by atoms with E-state index in [0.29, 0.717) is 0 Å². The monoisotopic (exact) mass is 249 g/mol. The maximum Gasteiger partial charge on any atom is 0.0434 e. The number of halogens is 2. The molecule has 15 heavy (non-hydrogen) atoms. The highest BCUT2D eigenvalue weighted by Gasteiger charge is 2.32. The van der Waals surface area contributed by atoms with Crippen molar-refractivity contribution in [2.24, 2.45) is 0 Å². The van der Waals surface area contributed by atoms with Crippen LogP contribution in [0.2, 0.25) is 0 Å². The Labute approximate surface area is 101 Å². The summed E-state index contributed by atoms with van der Waals surface area (Å²) in [5.41, 5.74) is 1.46. The summed E-state index contributed by atoms with van der Waals surface area (Å²) in [4.78, 5) is 4.89. The van der Waals surface area contributed by atoms with Gasteiger partial charge in [0.05, 0.1) is 0 Å². The lowest BCUT2D eigenvalue weighted by Gasteiger charge is -2.46. The molecule has 86 valence electrons. The van der Waals surface area contributed by atoms with Crippen molar-refractivity contribution in [3.05, 3.63) is 10.6 Å². The fourth-order valence-corrected chi connectivity index (χ4v) is 2.44. The van der Waals surface area contributed by atoms with Gasteiger partial charge in [-0.2, -0.15) is 0 Å². The summed E-state index contributed by atoms with van der Waals surface area (Å²) < 4.78 is 0. The van der Waals surface area contributed by atoms with E-state index in [9.17, 15) is 0 Å². The van der Waals surface area contributed by atoms with E-state index in [0.717, 1.165) is 43.8 Å². The van der Waals surface area contributed by atoms with Crippen LogP contribution in [-0.4, -0.2) is 61.7 Å². The van der Waals surface area contributed by atoms with Crippen LogP contribution in [0.4, 0.5) is 0 Å². The smallest absolute Gasteiger partial charge is 0.0434 e. The van der Waals surface area contributed by atoms with Crippen LogP contribution in [0.3, 0.4) is 0 Å². The first-order valence-electron chi connectivity index (χ1n) is 5.41. The molecule has 0 bridgehead atoms. The second kappa shape index (κ2) is 5.51. The second-order valence-electron chi connectivity index (χ2n) is 4.19. The predicted molar refractivity (Wildman–Crippen MR) is 64.5 cm³/mol. The molecule has 5 heteroatoms. The Balaban J connectivity index is 1.68. The molecule has 0 saturated carbocycles. The van der Waals surface area contributed by atoms with Gasteiger partial charge < -0.3 is 5.32 Å². The topological polar surface area (TPSA) is 18.5 Å². The zero-order chi connectivity index (χ0) is 10.7. The van der Waals surface area contributed by atoms with Crippen LogP contribution in [0.5, 0.6) is 0 Å². The molecule has 2 aliphatic rings. The van der Waals surface area contributed by atoms with Crippen LogP contribution in [0, 0.1) is 0 Å². The summed E-state index contributed by atoms with van der Waals surface area (Å²) in [5, 5.41) is 4.10. The van der Waals surface area contributed by atoms with Crippen molar-refractivity contribution in [3.8, 4) is 0 Å². The summed E-state index contributed by atoms with van der Waals surface area (Å²) in [7, 11) is 0. The van der Waals surface area contributed by atoms with Crippen molar-refractivity contribution in [1.82, 2.24) is 15.1 Å². The third kappa shape index (κ3) is 3.08. The van der Waals surface area contributed by atoms with Gasteiger partial charge >= 0.3 is 0 Å². The number of nitrogens with zero attached hydrogens (tertiary/aromatic N) is 2. The summed E-state index contributed by atoms with van der Waals surface area (Å²) in [6.07, 6.45) is 0. The predicted octanol–water partition coefficient (Wildman–Crippen LogP) is 0.895. The number of piperazine rings is 1. The van der Waals surface area contributed by atoms with Gasteiger partial charge in [0.25, 0.3) is 0 Å². The highest BCUT2D eigenvalue weighted by atomic mass is 35.5. The van der Waals surface area contributed by atoms with Crippen molar-refractivity contribution < 1.29 is 0 Å². The van der Waals surface area contributed by atoms with E-state index in [-0.39, 0.29) is 0 Å². The van der Waals surface area contributed by atoms with Gasteiger partial charge in [-0.15, -0.1) is 0 Å². The Kier molecular flexibility index (Phi) is 4.29. The van der Waals surface area contributed by atoms with Crippen molar-refractivity contribution in [2.75, 3.05) is 45.8 Å². The first-order chi connectivity index (χ1) is 7.29. The normalized spacial score (nSPS) is 26.7. The zero-order valence-electron chi connectivity index (χ0n) is 8.75. The van der Waals surface area contributed by atoms with E-state index >= 15 is 0 Å². The molecule has 2 saturated heterocycles. The van der Waals surface area contributed by atoms with Crippen LogP contribution < -0.4 is 5.32 Å². The summed E-state index contributed by atoms with van der Waals surface area (Å²) in [6.45, 7) is 7.66. The molecule has 0 aromatic carbocycles. The number of rotatable bonds is 3. The highest BCUT2D eigenvalue weighted by Crippen LogP contribution is 2.18. The van der Waals surface area contributed by atoms with E-state index in [1.165, 1.54) is 18.6 Å². The Morgan fingerprint density at radius 1 is 1.33 bits per heavy atom. The molecule has 2 aliphatic heterocycles. The number of hydrogen-bond acceptors (Lipinski definition) is 3. The molecule has 2 fully saturated rings. The molecule has 0 radical (unpaired) electrons. The van der Waals surface area contributed by atoms with Gasteiger partial charge in [-0.3, -0.25) is 9.80 Å². The van der Waals surface area contributed by atoms with E-state index in [4.69, 9.17) is 23.2 Å². The molecule has 0 aromatic heterocycles. The van der Waals surface area contributed by atoms with Gasteiger partial charge in [-0.1, -0.05) is 23.2 Å². The maximum atomic E-state index is 5.87. The molecule has 2 rings (SSSR count). The van der Waals surface area contributed by atoms with Crippen LogP contribution >= 0.6 is 23.2 Å². The van der Waals surface area contributed by atoms with Gasteiger partial charge in [0.1, 0.15) is 0 Å². The zero-order valence-corrected chi connectivity index (χ0v) is 10.3. The van der Waals surface area contributed by atoms with Crippen molar-refractivity contribution in [2.45, 2.75) is 6.04 Å². The third-order valence-electron chi connectivity index (χ3n) is 3.10. The first kappa shape index (κ1) is 11.7. The second-order valence-corrected chi connectivity index (χ2v) is 4.89. The molecule has 0 spiro atoms. The van der Waals surface area contributed by atoms with Gasteiger partial charge in [0, 0.05) is 62.4 Å². The van der Waals surface area contributed by atoms with Gasteiger partial charge in [0.2, 0.25) is 0 Å². The van der Waals surface area contributed by atoms with E-state index in [2.05, 4.69) is 15.1 Å². The van der Waals surface area contributed by atoms with Crippen LogP contribution in [0.15, 0.2) is 10.6 Å². The molecular weight excluding hydrogens is 233 g/mol. The standard InChI is InChI=1S/C10H17Cl2N3/c11-5-9(12)6-14-7-10(8-14)15-3-1-13-2-4-15/h5,10,13H,1-4,6-8H2. The van der Waals surface area contributed by atoms with Crippen LogP contribution in [0.25, 0.3) is 0 Å². The molecule has 0 aliphatic carbocycles. The molecule has 0 aromatic rings. The summed E-state index contributed by atoms with van der Waals surface area (Å²) in [5.74, 6) is 0. The molecule has 2 heterocycles. The molecule has 3 nitrogen and oxygen atoms in total. The van der Waals surface area contributed by atoms with Crippen molar-refractivity contribution >= 4 is 23.2 Å². The molecule has 0 unspecified atom stereocenters. The minimum Gasteiger partial charge on any atom is -0.314 e. The third-order valence-corrected chi connectivity index (χ3v) is 3.70. The lowest BCUT2D eigenvalue weighted by atomic mass is 10.1. The van der Waals surface area contributed by atoms with Gasteiger partial charge in [-0.25, -0.2) is 0 Å². The number of nitrogens with one attached hydrogen (secondary N) is 1. The van der Waals surface area contributed by atoms with Crippen LogP contribution in [-0.2, 0) is 0 Å². The van der Waals surface area contributed by atoms with E-state index < -0.39 is 0 Å². The van der Waals surface area contributed by atoms with Crippen molar-refractivity contribution in [3.63, 3.8) is 0 Å². The largest absolute Gasteiger partial charge is 0.314 e. The van der Waals surface area contributed by atoms with Crippen molar-refractivity contribution in [1.29, 1.82) is 0 Å².